The van der Waals surface area contributed by atoms with Crippen LogP contribution in [0.15, 0.2) is 112 Å². The second-order valence-corrected chi connectivity index (χ2v) is 18.7. The fourth-order valence-corrected chi connectivity index (χ4v) is 10.6. The molecule has 0 spiro atoms. The molecule has 6 aliphatic rings. The molecule has 4 aliphatic heterocycles. The zero-order valence-electron chi connectivity index (χ0n) is 38.8. The lowest BCUT2D eigenvalue weighted by atomic mass is 9.60. The largest absolute Gasteiger partial charge is 0.508 e. The number of aromatic nitrogens is 1. The van der Waals surface area contributed by atoms with Gasteiger partial charge in [0, 0.05) is 24.4 Å². The number of carboxylic acid groups (broad SMARTS) is 1. The van der Waals surface area contributed by atoms with Crippen molar-refractivity contribution < 1.29 is 74.7 Å². The highest BCUT2D eigenvalue weighted by atomic mass is 16.7. The number of amidine groups is 1. The number of benzene rings is 3. The number of phenols is 2. The average Bonchev–Trinajstić information content (AvgIpc) is 4.16. The van der Waals surface area contributed by atoms with Crippen molar-refractivity contribution in [3.8, 4) is 34.5 Å². The minimum absolute atomic E-state index is 0.00908. The van der Waals surface area contributed by atoms with Crippen molar-refractivity contribution in [2.75, 3.05) is 18.9 Å². The second-order valence-electron chi connectivity index (χ2n) is 18.7. The van der Waals surface area contributed by atoms with Gasteiger partial charge in [-0.15, -0.1) is 0 Å². The molecule has 5 heterocycles. The Bertz CT molecular complexity index is 3040. The molecule has 374 valence electrons. The van der Waals surface area contributed by atoms with Crippen LogP contribution < -0.4 is 30.1 Å². The summed E-state index contributed by atoms with van der Waals surface area (Å²) >= 11 is 0. The van der Waals surface area contributed by atoms with E-state index in [9.17, 15) is 45.6 Å². The van der Waals surface area contributed by atoms with E-state index in [1.54, 1.807) is 60.7 Å². The van der Waals surface area contributed by atoms with E-state index in [2.05, 4.69) is 20.0 Å². The van der Waals surface area contributed by atoms with E-state index in [-0.39, 0.29) is 71.1 Å². The first-order valence-corrected chi connectivity index (χ1v) is 23.4. The molecule has 10 rings (SSSR count). The number of aliphatic hydroxyl groups is 5. The third kappa shape index (κ3) is 8.49. The summed E-state index contributed by atoms with van der Waals surface area (Å²) in [6.07, 6.45) is 2.47. The molecule has 1 aromatic heterocycles. The highest BCUT2D eigenvalue weighted by Crippen LogP contribution is 2.57. The van der Waals surface area contributed by atoms with Gasteiger partial charge in [0.15, 0.2) is 35.0 Å². The quantitative estimate of drug-likeness (QED) is 0.0766. The number of ether oxygens (including phenoxy) is 5. The van der Waals surface area contributed by atoms with Crippen LogP contribution in [0.25, 0.3) is 5.76 Å². The standard InChI is InChI=1S/C52H52N6O14/c1-2-26-16-30(19-31(59)17-26)50(12-3-4-13-50)72-45-39(21-38-42(44(45)62)35(60)20-37(69-38)28-5-7-32(8-6-28)68-24-36(61)33-9-10-40(53)58-33)70-49-51(66)22-29(15-27-11-14-56-41(54)18-27)43(34-23-55-25-57-34)52(67,48(51)65)46(71-49)47(63)64/h5-11,14,16-22,25,36-37,43,46,48-49,53,59-62,65-67H,2-4,12-13,15,23-24H2,1H3,(H2,54,56)(H,63,64)/p+1/t36-,37?,43-,46+,48-,49+,51+,52+/m0/s1. The summed E-state index contributed by atoms with van der Waals surface area (Å²) < 4.78 is 31.8. The summed E-state index contributed by atoms with van der Waals surface area (Å²) in [5, 5.41) is 99.9. The van der Waals surface area contributed by atoms with Gasteiger partial charge in [-0.25, -0.2) is 14.8 Å². The number of hydrogen-bond acceptors (Lipinski definition) is 17. The van der Waals surface area contributed by atoms with E-state index in [1.165, 1.54) is 30.8 Å². The number of carbonyl (C=O) groups is 1. The molecule has 2 bridgehead atoms. The molecule has 8 atom stereocenters. The number of rotatable bonds is 15. The molecule has 1 saturated carbocycles. The number of hydrogen-bond donors (Lipinski definition) is 10. The number of phenolic OH excluding ortho intramolecular Hbond substituents is 2. The Morgan fingerprint density at radius 3 is 2.47 bits per heavy atom. The van der Waals surface area contributed by atoms with E-state index < -0.39 is 70.9 Å². The Morgan fingerprint density at radius 1 is 1.01 bits per heavy atom. The average molecular weight is 986 g/mol. The molecule has 2 fully saturated rings. The van der Waals surface area contributed by atoms with Crippen molar-refractivity contribution in [1.82, 2.24) is 4.98 Å². The molecule has 1 unspecified atom stereocenters. The van der Waals surface area contributed by atoms with Gasteiger partial charge >= 0.3 is 11.8 Å². The highest BCUT2D eigenvalue weighted by Gasteiger charge is 2.71. The van der Waals surface area contributed by atoms with Gasteiger partial charge in [-0.3, -0.25) is 10.4 Å². The van der Waals surface area contributed by atoms with E-state index in [0.29, 0.717) is 60.3 Å². The van der Waals surface area contributed by atoms with Gasteiger partial charge < -0.3 is 70.3 Å². The van der Waals surface area contributed by atoms with Crippen molar-refractivity contribution in [3.63, 3.8) is 0 Å². The van der Waals surface area contributed by atoms with Gasteiger partial charge in [0.2, 0.25) is 12.0 Å². The Hall–Kier alpha value is -7.62. The van der Waals surface area contributed by atoms with E-state index >= 15 is 0 Å². The molecule has 12 N–H and O–H groups in total. The number of nitrogens with zero attached hydrogens (tertiary/aromatic N) is 4. The zero-order chi connectivity index (χ0) is 50.7. The second kappa shape index (κ2) is 18.5. The van der Waals surface area contributed by atoms with Crippen LogP contribution in [0.1, 0.15) is 66.5 Å². The molecule has 20 nitrogen and oxygen atoms in total. The molecule has 3 aromatic carbocycles. The van der Waals surface area contributed by atoms with Gasteiger partial charge in [0.05, 0.1) is 18.2 Å². The topological polar surface area (TPSA) is 327 Å². The van der Waals surface area contributed by atoms with Crippen LogP contribution >= 0.6 is 0 Å². The van der Waals surface area contributed by atoms with Gasteiger partial charge in [-0.2, -0.15) is 0 Å². The van der Waals surface area contributed by atoms with E-state index in [0.717, 1.165) is 5.56 Å². The van der Waals surface area contributed by atoms with Crippen LogP contribution in [0.3, 0.4) is 0 Å². The van der Waals surface area contributed by atoms with Crippen LogP contribution in [-0.2, 0) is 28.0 Å². The van der Waals surface area contributed by atoms with Crippen LogP contribution in [0.4, 0.5) is 5.82 Å². The van der Waals surface area contributed by atoms with Crippen molar-refractivity contribution in [3.05, 3.63) is 125 Å². The lowest BCUT2D eigenvalue weighted by Crippen LogP contribution is -2.79. The maximum atomic E-state index is 13.3. The molecule has 0 amide bonds. The number of nitrogen functional groups attached to an aromatic ring is 1. The SMILES string of the molecule is CCc1cc(O)cc(C2(Oc3c(O[C@@H]4O[C@H](C(=O)O)[C@]5(O)[C@H](C6=NC=NC6)C(Cc6ccnc(N)c6)=C[C@@]4(O)[C@@H]5O)cc4c(c3O)C(O)=CC(c3ccc(OC[C@H](O)C5=NC(=[NH2+])C=C5)cc3)O4)CCCC2)c1. The molecule has 2 aliphatic carbocycles. The van der Waals surface area contributed by atoms with Crippen LogP contribution in [-0.4, -0.2) is 124 Å². The predicted molar refractivity (Wildman–Crippen MR) is 259 cm³/mol. The number of aliphatic hydroxyl groups excluding tert-OH is 3. The first-order valence-electron chi connectivity index (χ1n) is 23.4. The molecular formula is C52H53N6O14+. The Kier molecular flexibility index (Phi) is 12.4. The van der Waals surface area contributed by atoms with E-state index in [4.69, 9.17) is 34.8 Å². The Morgan fingerprint density at radius 2 is 1.79 bits per heavy atom. The monoisotopic (exact) mass is 985 g/mol. The lowest BCUT2D eigenvalue weighted by molar-refractivity contribution is -0.338. The summed E-state index contributed by atoms with van der Waals surface area (Å²) in [6.45, 7) is 1.77. The maximum absolute atomic E-state index is 13.3. The van der Waals surface area contributed by atoms with Gasteiger partial charge in [-0.1, -0.05) is 30.7 Å². The number of carboxylic acids is 1. The van der Waals surface area contributed by atoms with Crippen LogP contribution in [0.2, 0.25) is 0 Å². The van der Waals surface area contributed by atoms with Crippen molar-refractivity contribution in [1.29, 1.82) is 0 Å². The summed E-state index contributed by atoms with van der Waals surface area (Å²) in [7, 11) is 0. The fraction of sp³-hybridized carbons (Fsp3) is 0.346. The smallest absolute Gasteiger partial charge is 0.336 e. The Balaban J connectivity index is 1.06. The van der Waals surface area contributed by atoms with Crippen LogP contribution in [0, 0.1) is 5.92 Å². The third-order valence-corrected chi connectivity index (χ3v) is 14.1. The number of aryl methyl sites for hydroxylation is 1. The number of nitrogens with two attached hydrogens (primary N) is 2. The number of aliphatic carboxylic acids is 1. The minimum atomic E-state index is -2.77. The number of fused-ring (bicyclic) bond motifs is 3. The molecular weight excluding hydrogens is 933 g/mol. The highest BCUT2D eigenvalue weighted by molar-refractivity contribution is 6.14. The minimum Gasteiger partial charge on any atom is -0.508 e. The van der Waals surface area contributed by atoms with Gasteiger partial charge in [0.25, 0.3) is 0 Å². The normalized spacial score (nSPS) is 27.2. The predicted octanol–water partition coefficient (Wildman–Crippen LogP) is 2.72. The number of aliphatic imine (C=N–C) groups is 3. The maximum Gasteiger partial charge on any atom is 0.336 e. The first kappa shape index (κ1) is 48.0. The van der Waals surface area contributed by atoms with Gasteiger partial charge in [-0.05, 0) is 114 Å². The van der Waals surface area contributed by atoms with E-state index in [1.807, 2.05) is 13.0 Å². The Labute approximate surface area is 411 Å². The number of anilines is 1. The molecule has 4 aromatic rings. The number of pyridine rings is 1. The molecule has 1 saturated heterocycles. The summed E-state index contributed by atoms with van der Waals surface area (Å²) in [6, 6.07) is 16.2. The zero-order valence-corrected chi connectivity index (χ0v) is 38.8. The van der Waals surface area contributed by atoms with Crippen molar-refractivity contribution >= 4 is 41.1 Å². The fourth-order valence-electron chi connectivity index (χ4n) is 10.6. The van der Waals surface area contributed by atoms with Crippen LogP contribution in [0.5, 0.6) is 34.5 Å². The van der Waals surface area contributed by atoms with Crippen molar-refractivity contribution in [2.45, 2.75) is 93.0 Å². The summed E-state index contributed by atoms with van der Waals surface area (Å²) in [4.78, 5) is 29.9. The molecule has 20 heteroatoms. The molecule has 72 heavy (non-hydrogen) atoms. The molecule has 0 radical (unpaired) electrons. The summed E-state index contributed by atoms with van der Waals surface area (Å²) in [5.74, 6) is -4.19. The summed E-state index contributed by atoms with van der Waals surface area (Å²) in [5.41, 5.74) is 2.42. The van der Waals surface area contributed by atoms with Gasteiger partial charge in [0.1, 0.15) is 70.7 Å². The van der Waals surface area contributed by atoms with Crippen molar-refractivity contribution in [2.24, 2.45) is 20.9 Å². The first-order chi connectivity index (χ1) is 34.5. The third-order valence-electron chi connectivity index (χ3n) is 14.1. The number of aromatic hydroxyl groups is 2. The lowest BCUT2D eigenvalue weighted by Gasteiger charge is -2.57.